The summed E-state index contributed by atoms with van der Waals surface area (Å²) < 4.78 is 11.4. The minimum atomic E-state index is -0.278. The lowest BCUT2D eigenvalue weighted by Gasteiger charge is -2.11. The summed E-state index contributed by atoms with van der Waals surface area (Å²) in [4.78, 5) is 21.4. The van der Waals surface area contributed by atoms with Crippen molar-refractivity contribution >= 4 is 39.8 Å². The van der Waals surface area contributed by atoms with Gasteiger partial charge < -0.3 is 20.1 Å². The number of nitrogens with one attached hydrogen (secondary N) is 2. The number of amides is 1. The highest BCUT2D eigenvalue weighted by Gasteiger charge is 2.13. The molecule has 0 aliphatic carbocycles. The smallest absolute Gasteiger partial charge is 0.270 e. The van der Waals surface area contributed by atoms with Gasteiger partial charge in [0.15, 0.2) is 11.5 Å². The number of hydrogen-bond donors (Lipinski definition) is 2. The third-order valence-corrected chi connectivity index (χ3v) is 5.48. The van der Waals surface area contributed by atoms with Crippen LogP contribution in [0.15, 0.2) is 67.0 Å². The molecule has 0 saturated heterocycles. The number of aromatic nitrogens is 2. The van der Waals surface area contributed by atoms with Gasteiger partial charge in [-0.1, -0.05) is 23.7 Å². The van der Waals surface area contributed by atoms with Crippen LogP contribution in [0.1, 0.15) is 22.5 Å². The third-order valence-electron chi connectivity index (χ3n) is 5.25. The fourth-order valence-corrected chi connectivity index (χ4v) is 3.77. The lowest BCUT2D eigenvalue weighted by Crippen LogP contribution is -2.23. The predicted octanol–water partition coefficient (Wildman–Crippen LogP) is 5.12. The number of benzene rings is 2. The topological polar surface area (TPSA) is 85.4 Å². The molecule has 166 valence electrons. The molecule has 8 heteroatoms. The molecule has 2 aromatic heterocycles. The number of carbonyl (C=O) groups excluding carboxylic acids is 1. The van der Waals surface area contributed by atoms with Gasteiger partial charge in [-0.3, -0.25) is 9.78 Å². The van der Waals surface area contributed by atoms with Gasteiger partial charge in [-0.15, -0.1) is 0 Å². The molecule has 5 rings (SSSR count). The van der Waals surface area contributed by atoms with Crippen molar-refractivity contribution < 1.29 is 14.3 Å². The first-order valence-electron chi connectivity index (χ1n) is 10.6. The Morgan fingerprint density at radius 1 is 0.939 bits per heavy atom. The van der Waals surface area contributed by atoms with Gasteiger partial charge in [-0.2, -0.15) is 0 Å². The number of carbonyl (C=O) groups is 1. The van der Waals surface area contributed by atoms with Crippen molar-refractivity contribution in [2.24, 2.45) is 0 Å². The van der Waals surface area contributed by atoms with Gasteiger partial charge in [0.05, 0.1) is 13.2 Å². The van der Waals surface area contributed by atoms with Crippen molar-refractivity contribution in [1.29, 1.82) is 0 Å². The monoisotopic (exact) mass is 460 g/mol. The van der Waals surface area contributed by atoms with Crippen LogP contribution in [0.25, 0.3) is 10.8 Å². The molecule has 0 unspecified atom stereocenters. The Balaban J connectivity index is 1.29. The quantitative estimate of drug-likeness (QED) is 0.430. The zero-order valence-corrected chi connectivity index (χ0v) is 18.4. The number of fused-ring (bicyclic) bond motifs is 2. The zero-order chi connectivity index (χ0) is 22.6. The average Bonchev–Trinajstić information content (AvgIpc) is 3.08. The summed E-state index contributed by atoms with van der Waals surface area (Å²) in [7, 11) is 0. The number of pyridine rings is 2. The molecule has 0 atom stereocenters. The number of nitrogens with zero attached hydrogens (tertiary/aromatic N) is 2. The first-order chi connectivity index (χ1) is 16.2. The Labute approximate surface area is 195 Å². The van der Waals surface area contributed by atoms with Crippen LogP contribution >= 0.6 is 11.6 Å². The van der Waals surface area contributed by atoms with Crippen molar-refractivity contribution in [2.75, 3.05) is 18.5 Å². The van der Waals surface area contributed by atoms with Crippen LogP contribution in [-0.4, -0.2) is 29.1 Å². The second-order valence-electron chi connectivity index (χ2n) is 7.59. The highest BCUT2D eigenvalue weighted by atomic mass is 35.5. The Kier molecular flexibility index (Phi) is 5.95. The molecule has 7 nitrogen and oxygen atoms in total. The summed E-state index contributed by atoms with van der Waals surface area (Å²) in [6, 6.07) is 16.7. The van der Waals surface area contributed by atoms with Crippen LogP contribution < -0.4 is 20.1 Å². The van der Waals surface area contributed by atoms with Gasteiger partial charge in [-0.05, 0) is 53.4 Å². The zero-order valence-electron chi connectivity index (χ0n) is 17.7. The summed E-state index contributed by atoms with van der Waals surface area (Å²) in [6.45, 7) is 1.60. The van der Waals surface area contributed by atoms with E-state index in [9.17, 15) is 4.79 Å². The van der Waals surface area contributed by atoms with Crippen molar-refractivity contribution in [2.45, 2.75) is 13.0 Å². The van der Waals surface area contributed by atoms with Crippen molar-refractivity contribution in [1.82, 2.24) is 15.3 Å². The number of ether oxygens (including phenoxy) is 2. The van der Waals surface area contributed by atoms with E-state index in [0.29, 0.717) is 47.7 Å². The normalized spacial score (nSPS) is 12.8. The van der Waals surface area contributed by atoms with Crippen LogP contribution in [0.2, 0.25) is 5.02 Å². The van der Waals surface area contributed by atoms with Crippen LogP contribution in [0.5, 0.6) is 11.5 Å². The van der Waals surface area contributed by atoms with E-state index in [1.807, 2.05) is 42.5 Å². The largest absolute Gasteiger partial charge is 0.490 e. The highest BCUT2D eigenvalue weighted by molar-refractivity contribution is 6.31. The molecule has 0 bridgehead atoms. The molecule has 4 aromatic rings. The Morgan fingerprint density at radius 3 is 2.70 bits per heavy atom. The van der Waals surface area contributed by atoms with E-state index in [4.69, 9.17) is 21.1 Å². The molecule has 0 saturated carbocycles. The summed E-state index contributed by atoms with van der Waals surface area (Å²) in [5.74, 6) is 1.80. The van der Waals surface area contributed by atoms with Crippen LogP contribution in [0.4, 0.5) is 11.5 Å². The summed E-state index contributed by atoms with van der Waals surface area (Å²) in [6.07, 6.45) is 4.16. The lowest BCUT2D eigenvalue weighted by molar-refractivity contribution is 0.0946. The summed E-state index contributed by atoms with van der Waals surface area (Å²) >= 11 is 6.16. The fourth-order valence-electron chi connectivity index (χ4n) is 3.60. The predicted molar refractivity (Wildman–Crippen MR) is 127 cm³/mol. The van der Waals surface area contributed by atoms with Gasteiger partial charge in [0, 0.05) is 41.5 Å². The number of rotatable bonds is 5. The maximum Gasteiger partial charge on any atom is 0.270 e. The second kappa shape index (κ2) is 9.34. The maximum absolute atomic E-state index is 12.7. The molecule has 1 amide bonds. The molecule has 33 heavy (non-hydrogen) atoms. The van der Waals surface area contributed by atoms with E-state index < -0.39 is 0 Å². The third kappa shape index (κ3) is 4.83. The van der Waals surface area contributed by atoms with Crippen LogP contribution in [-0.2, 0) is 6.54 Å². The molecule has 1 aliphatic heterocycles. The average molecular weight is 461 g/mol. The van der Waals surface area contributed by atoms with Gasteiger partial charge in [0.2, 0.25) is 0 Å². The van der Waals surface area contributed by atoms with Crippen LogP contribution in [0, 0.1) is 0 Å². The number of halogens is 1. The van der Waals surface area contributed by atoms with Crippen LogP contribution in [0.3, 0.4) is 0 Å². The van der Waals surface area contributed by atoms with Crippen molar-refractivity contribution in [3.05, 3.63) is 83.3 Å². The van der Waals surface area contributed by atoms with E-state index in [-0.39, 0.29) is 5.91 Å². The van der Waals surface area contributed by atoms with Gasteiger partial charge in [0.25, 0.3) is 5.91 Å². The Bertz CT molecular complexity index is 1330. The van der Waals surface area contributed by atoms with Crippen molar-refractivity contribution in [3.8, 4) is 11.5 Å². The van der Waals surface area contributed by atoms with E-state index in [1.165, 1.54) is 0 Å². The molecule has 3 heterocycles. The number of anilines is 2. The standard InChI is InChI=1S/C25H21ClN4O3/c26-18-4-3-17-6-8-28-24(20(17)13-18)30-19-7-9-27-21(14-19)25(31)29-15-16-2-5-22-23(12-16)33-11-1-10-32-22/h2-9,12-14H,1,10-11,15H2,(H,29,31)(H,27,28,30). The number of hydrogen-bond acceptors (Lipinski definition) is 6. The first kappa shape index (κ1) is 21.0. The molecule has 0 radical (unpaired) electrons. The van der Waals surface area contributed by atoms with E-state index in [2.05, 4.69) is 20.6 Å². The maximum atomic E-state index is 12.7. The molecule has 0 fully saturated rings. The van der Waals surface area contributed by atoms with Crippen molar-refractivity contribution in [3.63, 3.8) is 0 Å². The molecular formula is C25H21ClN4O3. The highest BCUT2D eigenvalue weighted by Crippen LogP contribution is 2.30. The summed E-state index contributed by atoms with van der Waals surface area (Å²) in [5, 5.41) is 8.70. The fraction of sp³-hybridized carbons (Fsp3) is 0.160. The lowest BCUT2D eigenvalue weighted by atomic mass is 10.1. The molecule has 2 N–H and O–H groups in total. The summed E-state index contributed by atoms with van der Waals surface area (Å²) in [5.41, 5.74) is 1.91. The minimum Gasteiger partial charge on any atom is -0.490 e. The van der Waals surface area contributed by atoms with Gasteiger partial charge >= 0.3 is 0 Å². The minimum absolute atomic E-state index is 0.278. The Morgan fingerprint density at radius 2 is 1.79 bits per heavy atom. The second-order valence-corrected chi connectivity index (χ2v) is 8.03. The SMILES string of the molecule is O=C(NCc1ccc2c(c1)OCCCO2)c1cc(Nc2nccc3ccc(Cl)cc23)ccn1. The van der Waals surface area contributed by atoms with E-state index in [1.54, 1.807) is 24.5 Å². The molecule has 2 aromatic carbocycles. The molecule has 0 spiro atoms. The Hall–Kier alpha value is -3.84. The van der Waals surface area contributed by atoms with E-state index >= 15 is 0 Å². The first-order valence-corrected chi connectivity index (χ1v) is 11.0. The molecule has 1 aliphatic rings. The molecular weight excluding hydrogens is 440 g/mol. The van der Waals surface area contributed by atoms with E-state index in [0.717, 1.165) is 28.5 Å². The van der Waals surface area contributed by atoms with Gasteiger partial charge in [0.1, 0.15) is 11.5 Å². The van der Waals surface area contributed by atoms with Gasteiger partial charge in [-0.25, -0.2) is 4.98 Å².